The number of rotatable bonds is 2. The molecule has 0 aliphatic heterocycles. The Labute approximate surface area is 250 Å². The molecular formula is C34H10F2N8. The van der Waals surface area contributed by atoms with E-state index in [1.165, 1.54) is 48.6 Å². The molecule has 2 atom stereocenters. The second-order valence-electron chi connectivity index (χ2n) is 9.54. The van der Waals surface area contributed by atoms with E-state index in [1.54, 1.807) is 6.07 Å². The number of hydrogen-bond acceptors (Lipinski definition) is 4. The standard InChI is InChI=1S/C34H10F2N8/c1-41-21-8-19(9-22(10-21)42-2)27(15-39)29-25-11-23-24(12-26(25)34(44-4)32(29)36)30(31(35)28(23)16-40)33(43-3)20-6-17(13-37)5-18(7-20)14-38/h5-12,25-26H/b29-27-,33-30+. The Morgan fingerprint density at radius 2 is 1.30 bits per heavy atom. The van der Waals surface area contributed by atoms with Crippen LogP contribution in [-0.2, 0) is 0 Å². The molecule has 0 aromatic heterocycles. The SMILES string of the molecule is [C-]#[N+]C1=C(F)/C(=C(/C#N)c2cc([N+]#[C-])cc([N+]#[C-])c2)C2C=C3C(=CC12)/C(=C(\[N+]#[C-])c1cc(C#N)cc(C#N)c1)C(F)=C3C#N. The average molecular weight is 569 g/mol. The number of allylic oxidation sites excluding steroid dienone is 10. The summed E-state index contributed by atoms with van der Waals surface area (Å²) in [5.41, 5.74) is -1.40. The highest BCUT2D eigenvalue weighted by Crippen LogP contribution is 2.56. The Kier molecular flexibility index (Phi) is 6.99. The summed E-state index contributed by atoms with van der Waals surface area (Å²) in [7, 11) is 0. The van der Waals surface area contributed by atoms with Crippen LogP contribution in [-0.4, -0.2) is 0 Å². The quantitative estimate of drug-likeness (QED) is 0.269. The maximum Gasteiger partial charge on any atom is 0.208 e. The fourth-order valence-corrected chi connectivity index (χ4v) is 5.53. The Morgan fingerprint density at radius 1 is 0.682 bits per heavy atom. The van der Waals surface area contributed by atoms with Gasteiger partial charge in [0.05, 0.1) is 60.7 Å². The lowest BCUT2D eigenvalue weighted by Gasteiger charge is -2.24. The van der Waals surface area contributed by atoms with Gasteiger partial charge >= 0.3 is 0 Å². The minimum Gasteiger partial charge on any atom is -0.239 e. The molecule has 0 saturated heterocycles. The van der Waals surface area contributed by atoms with E-state index in [4.69, 9.17) is 26.3 Å². The van der Waals surface area contributed by atoms with Gasteiger partial charge in [-0.3, -0.25) is 0 Å². The van der Waals surface area contributed by atoms with Crippen molar-refractivity contribution in [1.29, 1.82) is 21.0 Å². The first-order valence-corrected chi connectivity index (χ1v) is 12.4. The first kappa shape index (κ1) is 28.2. The summed E-state index contributed by atoms with van der Waals surface area (Å²) in [5.74, 6) is -4.10. The molecule has 2 aromatic rings. The van der Waals surface area contributed by atoms with Gasteiger partial charge in [0.1, 0.15) is 23.8 Å². The third-order valence-electron chi connectivity index (χ3n) is 7.33. The zero-order valence-electron chi connectivity index (χ0n) is 22.1. The molecule has 3 aliphatic carbocycles. The monoisotopic (exact) mass is 568 g/mol. The van der Waals surface area contributed by atoms with Crippen LogP contribution in [0.15, 0.2) is 93.8 Å². The van der Waals surface area contributed by atoms with Crippen molar-refractivity contribution < 1.29 is 8.78 Å². The minimum atomic E-state index is -1.04. The van der Waals surface area contributed by atoms with Crippen molar-refractivity contribution in [2.45, 2.75) is 0 Å². The van der Waals surface area contributed by atoms with Crippen LogP contribution >= 0.6 is 0 Å². The first-order valence-electron chi connectivity index (χ1n) is 12.4. The van der Waals surface area contributed by atoms with E-state index in [0.717, 1.165) is 0 Å². The van der Waals surface area contributed by atoms with Crippen molar-refractivity contribution in [1.82, 2.24) is 0 Å². The van der Waals surface area contributed by atoms with Gasteiger partial charge in [-0.05, 0) is 40.5 Å². The summed E-state index contributed by atoms with van der Waals surface area (Å²) in [6.45, 7) is 30.2. The molecule has 5 rings (SSSR count). The normalized spacial score (nSPS) is 20.0. The van der Waals surface area contributed by atoms with E-state index in [-0.39, 0.29) is 72.9 Å². The second kappa shape index (κ2) is 10.9. The lowest BCUT2D eigenvalue weighted by atomic mass is 9.78. The topological polar surface area (TPSA) is 113 Å². The van der Waals surface area contributed by atoms with Gasteiger partial charge < -0.3 is 0 Å². The molecule has 3 aliphatic rings. The van der Waals surface area contributed by atoms with E-state index >= 15 is 8.78 Å². The predicted octanol–water partition coefficient (Wildman–Crippen LogP) is 8.11. The molecule has 0 N–H and O–H groups in total. The van der Waals surface area contributed by atoms with Crippen LogP contribution in [0.3, 0.4) is 0 Å². The van der Waals surface area contributed by atoms with Crippen molar-refractivity contribution in [2.75, 3.05) is 0 Å². The molecule has 10 heteroatoms. The molecule has 8 nitrogen and oxygen atoms in total. The molecule has 0 amide bonds. The van der Waals surface area contributed by atoms with Gasteiger partial charge in [0.25, 0.3) is 0 Å². The molecule has 2 unspecified atom stereocenters. The molecule has 0 saturated carbocycles. The molecular weight excluding hydrogens is 558 g/mol. The van der Waals surface area contributed by atoms with Crippen LogP contribution in [0.5, 0.6) is 0 Å². The lowest BCUT2D eigenvalue weighted by Crippen LogP contribution is -2.15. The van der Waals surface area contributed by atoms with Gasteiger partial charge in [-0.15, -0.1) is 0 Å². The van der Waals surface area contributed by atoms with Crippen LogP contribution in [0.4, 0.5) is 20.2 Å². The summed E-state index contributed by atoms with van der Waals surface area (Å²) < 4.78 is 32.0. The number of hydrogen-bond donors (Lipinski definition) is 0. The number of halogens is 2. The smallest absolute Gasteiger partial charge is 0.208 e. The Balaban J connectivity index is 1.80. The lowest BCUT2D eigenvalue weighted by molar-refractivity contribution is 0.630. The molecule has 0 radical (unpaired) electrons. The first-order chi connectivity index (χ1) is 21.3. The fraction of sp³-hybridized carbons (Fsp3) is 0.0588. The molecule has 0 heterocycles. The highest BCUT2D eigenvalue weighted by atomic mass is 19.1. The molecule has 200 valence electrons. The van der Waals surface area contributed by atoms with Gasteiger partial charge in [-0.1, -0.05) is 30.4 Å². The molecule has 0 bridgehead atoms. The molecule has 44 heavy (non-hydrogen) atoms. The van der Waals surface area contributed by atoms with E-state index in [2.05, 4.69) is 19.4 Å². The van der Waals surface area contributed by atoms with Crippen LogP contribution in [0.25, 0.3) is 30.7 Å². The maximum atomic E-state index is 16.0. The number of fused-ring (bicyclic) bond motifs is 2. The van der Waals surface area contributed by atoms with Crippen molar-refractivity contribution in [2.24, 2.45) is 11.8 Å². The third-order valence-corrected chi connectivity index (χ3v) is 7.33. The van der Waals surface area contributed by atoms with E-state index in [0.29, 0.717) is 0 Å². The molecule has 2 aromatic carbocycles. The highest BCUT2D eigenvalue weighted by molar-refractivity contribution is 5.91. The predicted molar refractivity (Wildman–Crippen MR) is 153 cm³/mol. The van der Waals surface area contributed by atoms with Crippen molar-refractivity contribution >= 4 is 22.6 Å². The summed E-state index contributed by atoms with van der Waals surface area (Å²) in [4.78, 5) is 13.5. The Morgan fingerprint density at radius 3 is 1.80 bits per heavy atom. The van der Waals surface area contributed by atoms with Gasteiger partial charge in [0, 0.05) is 23.0 Å². The highest BCUT2D eigenvalue weighted by Gasteiger charge is 2.46. The third kappa shape index (κ3) is 4.20. The average Bonchev–Trinajstić information content (AvgIpc) is 3.48. The summed E-state index contributed by atoms with van der Waals surface area (Å²) in [6.07, 6.45) is 2.77. The van der Waals surface area contributed by atoms with Crippen LogP contribution < -0.4 is 0 Å². The van der Waals surface area contributed by atoms with E-state index in [1.807, 2.05) is 18.2 Å². The van der Waals surface area contributed by atoms with E-state index in [9.17, 15) is 21.0 Å². The summed E-state index contributed by atoms with van der Waals surface area (Å²) in [6, 6.07) is 15.4. The zero-order chi connectivity index (χ0) is 31.7. The second-order valence-corrected chi connectivity index (χ2v) is 9.54. The van der Waals surface area contributed by atoms with Crippen LogP contribution in [0.1, 0.15) is 22.3 Å². The maximum absolute atomic E-state index is 16.0. The van der Waals surface area contributed by atoms with Gasteiger partial charge in [0.15, 0.2) is 11.4 Å². The van der Waals surface area contributed by atoms with Crippen molar-refractivity contribution in [3.05, 3.63) is 162 Å². The van der Waals surface area contributed by atoms with Crippen LogP contribution in [0.2, 0.25) is 0 Å². The molecule has 0 spiro atoms. The number of nitriles is 4. The van der Waals surface area contributed by atoms with Gasteiger partial charge in [-0.25, -0.2) is 28.2 Å². The van der Waals surface area contributed by atoms with E-state index < -0.39 is 29.1 Å². The van der Waals surface area contributed by atoms with Crippen LogP contribution in [0, 0.1) is 83.4 Å². The number of nitrogens with zero attached hydrogens (tertiary/aromatic N) is 8. The van der Waals surface area contributed by atoms with Gasteiger partial charge in [-0.2, -0.15) is 21.0 Å². The fourth-order valence-electron chi connectivity index (χ4n) is 5.53. The van der Waals surface area contributed by atoms with Crippen molar-refractivity contribution in [3.63, 3.8) is 0 Å². The summed E-state index contributed by atoms with van der Waals surface area (Å²) >= 11 is 0. The largest absolute Gasteiger partial charge is 0.239 e. The van der Waals surface area contributed by atoms with Crippen molar-refractivity contribution in [3.8, 4) is 24.3 Å². The van der Waals surface area contributed by atoms with Gasteiger partial charge in [0.2, 0.25) is 11.4 Å². The molecule has 0 fully saturated rings. The zero-order valence-corrected chi connectivity index (χ0v) is 22.1. The minimum absolute atomic E-state index is 0.0323. The Hall–Kier alpha value is -7.34. The number of benzene rings is 2. The summed E-state index contributed by atoms with van der Waals surface area (Å²) in [5, 5.41) is 38.9. The Bertz CT molecular complexity index is 2230.